The van der Waals surface area contributed by atoms with Gasteiger partial charge in [0.05, 0.1) is 0 Å². The number of hydrogen-bond donors (Lipinski definition) is 1. The van der Waals surface area contributed by atoms with Gasteiger partial charge in [0.1, 0.15) is 0 Å². The first-order chi connectivity index (χ1) is 9.41. The topological polar surface area (TPSA) is 52.7 Å². The van der Waals surface area contributed by atoms with Crippen LogP contribution in [0.5, 0.6) is 0 Å². The van der Waals surface area contributed by atoms with Crippen LogP contribution < -0.4 is 5.32 Å². The van der Waals surface area contributed by atoms with Gasteiger partial charge in [-0.3, -0.25) is 9.59 Å². The highest BCUT2D eigenvalue weighted by Crippen LogP contribution is 2.36. The van der Waals surface area contributed by atoms with Crippen LogP contribution in [0.25, 0.3) is 0 Å². The molecular formula is C15H27N3O2. The molecule has 1 aliphatic carbocycles. The Bertz CT molecular complexity index is 365. The van der Waals surface area contributed by atoms with E-state index in [2.05, 4.69) is 19.2 Å². The molecule has 1 N–H and O–H groups in total. The molecule has 0 spiro atoms. The zero-order chi connectivity index (χ0) is 14.8. The Morgan fingerprint density at radius 2 is 1.70 bits per heavy atom. The number of carbonyl (C=O) groups excluding carboxylic acids is 2. The van der Waals surface area contributed by atoms with Crippen LogP contribution in [0.3, 0.4) is 0 Å². The summed E-state index contributed by atoms with van der Waals surface area (Å²) in [5, 5.41) is 3.19. The van der Waals surface area contributed by atoms with Gasteiger partial charge < -0.3 is 15.1 Å². The summed E-state index contributed by atoms with van der Waals surface area (Å²) in [6, 6.07) is 0.224. The number of piperazine rings is 1. The summed E-state index contributed by atoms with van der Waals surface area (Å²) in [6.45, 7) is 7.38. The van der Waals surface area contributed by atoms with Crippen LogP contribution in [0.1, 0.15) is 39.5 Å². The van der Waals surface area contributed by atoms with E-state index in [-0.39, 0.29) is 17.9 Å². The van der Waals surface area contributed by atoms with Gasteiger partial charge in [0.2, 0.25) is 0 Å². The van der Waals surface area contributed by atoms with Crippen LogP contribution in [-0.4, -0.2) is 60.9 Å². The van der Waals surface area contributed by atoms with E-state index >= 15 is 0 Å². The lowest BCUT2D eigenvalue weighted by molar-refractivity contribution is -0.153. The van der Waals surface area contributed by atoms with Crippen molar-refractivity contribution in [2.45, 2.75) is 45.6 Å². The van der Waals surface area contributed by atoms with Crippen molar-refractivity contribution in [2.24, 2.45) is 5.41 Å². The van der Waals surface area contributed by atoms with Crippen molar-refractivity contribution in [2.75, 3.05) is 33.2 Å². The van der Waals surface area contributed by atoms with Crippen LogP contribution in [0, 0.1) is 5.41 Å². The van der Waals surface area contributed by atoms with E-state index in [1.807, 2.05) is 0 Å². The van der Waals surface area contributed by atoms with Crippen molar-refractivity contribution in [3.63, 3.8) is 0 Å². The predicted molar refractivity (Wildman–Crippen MR) is 78.3 cm³/mol. The third-order valence-corrected chi connectivity index (χ3v) is 4.76. The second kappa shape index (κ2) is 6.12. The van der Waals surface area contributed by atoms with E-state index in [1.54, 1.807) is 16.8 Å². The van der Waals surface area contributed by atoms with Crippen molar-refractivity contribution < 1.29 is 9.59 Å². The van der Waals surface area contributed by atoms with Gasteiger partial charge in [0.15, 0.2) is 0 Å². The summed E-state index contributed by atoms with van der Waals surface area (Å²) in [4.78, 5) is 27.9. The lowest BCUT2D eigenvalue weighted by atomic mass is 9.75. The number of likely N-dealkylation sites (N-methyl/N-ethyl adjacent to an activating group) is 1. The lowest BCUT2D eigenvalue weighted by Gasteiger charge is -2.39. The maximum Gasteiger partial charge on any atom is 0.312 e. The largest absolute Gasteiger partial charge is 0.335 e. The molecule has 0 unspecified atom stereocenters. The molecule has 2 fully saturated rings. The second-order valence-corrected chi connectivity index (χ2v) is 6.85. The quantitative estimate of drug-likeness (QED) is 0.725. The van der Waals surface area contributed by atoms with E-state index in [0.29, 0.717) is 18.5 Å². The Morgan fingerprint density at radius 1 is 1.15 bits per heavy atom. The van der Waals surface area contributed by atoms with Gasteiger partial charge in [0, 0.05) is 39.3 Å². The van der Waals surface area contributed by atoms with Crippen LogP contribution in [0.2, 0.25) is 0 Å². The molecule has 0 atom stereocenters. The second-order valence-electron chi connectivity index (χ2n) is 6.85. The molecule has 0 aromatic heterocycles. The van der Waals surface area contributed by atoms with Crippen molar-refractivity contribution in [1.29, 1.82) is 0 Å². The summed E-state index contributed by atoms with van der Waals surface area (Å²) < 4.78 is 0. The first kappa shape index (κ1) is 15.3. The highest BCUT2D eigenvalue weighted by Gasteiger charge is 2.34. The molecule has 2 rings (SSSR count). The maximum absolute atomic E-state index is 12.3. The summed E-state index contributed by atoms with van der Waals surface area (Å²) >= 11 is 0. The van der Waals surface area contributed by atoms with E-state index in [9.17, 15) is 9.59 Å². The lowest BCUT2D eigenvalue weighted by Crippen LogP contribution is -2.53. The van der Waals surface area contributed by atoms with Gasteiger partial charge in [-0.1, -0.05) is 13.8 Å². The molecule has 0 radical (unpaired) electrons. The molecule has 0 bridgehead atoms. The molecule has 5 heteroatoms. The Kier molecular flexibility index (Phi) is 4.68. The predicted octanol–water partition coefficient (Wildman–Crippen LogP) is 0.845. The summed E-state index contributed by atoms with van der Waals surface area (Å²) in [5.41, 5.74) is 0.378. The van der Waals surface area contributed by atoms with E-state index < -0.39 is 0 Å². The van der Waals surface area contributed by atoms with Crippen LogP contribution >= 0.6 is 0 Å². The molecule has 2 aliphatic rings. The first-order valence-electron chi connectivity index (χ1n) is 7.67. The zero-order valence-electron chi connectivity index (χ0n) is 12.9. The van der Waals surface area contributed by atoms with Crippen LogP contribution in [0.15, 0.2) is 0 Å². The molecule has 0 aromatic carbocycles. The van der Waals surface area contributed by atoms with E-state index in [4.69, 9.17) is 0 Å². The minimum Gasteiger partial charge on any atom is -0.335 e. The van der Waals surface area contributed by atoms with Crippen molar-refractivity contribution in [3.05, 3.63) is 0 Å². The smallest absolute Gasteiger partial charge is 0.312 e. The van der Waals surface area contributed by atoms with E-state index in [0.717, 1.165) is 38.8 Å². The average molecular weight is 281 g/mol. The molecule has 114 valence electrons. The normalized spacial score (nSPS) is 23.4. The van der Waals surface area contributed by atoms with Crippen molar-refractivity contribution in [1.82, 2.24) is 15.1 Å². The molecular weight excluding hydrogens is 254 g/mol. The summed E-state index contributed by atoms with van der Waals surface area (Å²) in [7, 11) is 1.78. The summed E-state index contributed by atoms with van der Waals surface area (Å²) in [5.74, 6) is -0.671. The van der Waals surface area contributed by atoms with Gasteiger partial charge in [-0.25, -0.2) is 0 Å². The van der Waals surface area contributed by atoms with E-state index in [1.165, 1.54) is 0 Å². The third-order valence-electron chi connectivity index (χ3n) is 4.76. The Hall–Kier alpha value is -1.10. The fourth-order valence-electron chi connectivity index (χ4n) is 3.09. The third kappa shape index (κ3) is 3.51. The monoisotopic (exact) mass is 281 g/mol. The number of hydrogen-bond acceptors (Lipinski definition) is 3. The number of nitrogens with zero attached hydrogens (tertiary/aromatic N) is 2. The molecule has 0 aromatic rings. The van der Waals surface area contributed by atoms with Gasteiger partial charge in [-0.15, -0.1) is 0 Å². The Morgan fingerprint density at radius 3 is 2.25 bits per heavy atom. The Labute approximate surface area is 121 Å². The number of rotatable bonds is 1. The molecule has 1 saturated heterocycles. The van der Waals surface area contributed by atoms with Crippen molar-refractivity contribution >= 4 is 11.8 Å². The maximum atomic E-state index is 12.3. The molecule has 1 saturated carbocycles. The number of carbonyl (C=O) groups is 2. The van der Waals surface area contributed by atoms with Crippen LogP contribution in [-0.2, 0) is 9.59 Å². The molecule has 2 amide bonds. The van der Waals surface area contributed by atoms with Gasteiger partial charge in [0.25, 0.3) is 0 Å². The zero-order valence-corrected chi connectivity index (χ0v) is 12.9. The minimum absolute atomic E-state index is 0.224. The SMILES string of the molecule is CN(C(=O)C(=O)N1CCNCC1)C1CCC(C)(C)CC1. The van der Waals surface area contributed by atoms with Crippen molar-refractivity contribution in [3.8, 4) is 0 Å². The molecule has 20 heavy (non-hydrogen) atoms. The van der Waals surface area contributed by atoms with Gasteiger partial charge in [-0.05, 0) is 31.1 Å². The summed E-state index contributed by atoms with van der Waals surface area (Å²) in [6.07, 6.45) is 4.25. The van der Waals surface area contributed by atoms with Crippen LogP contribution in [0.4, 0.5) is 0 Å². The fraction of sp³-hybridized carbons (Fsp3) is 0.867. The number of nitrogens with one attached hydrogen (secondary N) is 1. The highest BCUT2D eigenvalue weighted by atomic mass is 16.2. The Balaban J connectivity index is 1.89. The standard InChI is InChI=1S/C15H27N3O2/c1-15(2)6-4-12(5-7-15)17(3)13(19)14(20)18-10-8-16-9-11-18/h12,16H,4-11H2,1-3H3. The minimum atomic E-state index is -0.336. The highest BCUT2D eigenvalue weighted by molar-refractivity contribution is 6.34. The number of amides is 2. The van der Waals surface area contributed by atoms with Gasteiger partial charge in [-0.2, -0.15) is 0 Å². The molecule has 1 heterocycles. The molecule has 5 nitrogen and oxygen atoms in total. The van der Waals surface area contributed by atoms with Gasteiger partial charge >= 0.3 is 11.8 Å². The fourth-order valence-corrected chi connectivity index (χ4v) is 3.09. The molecule has 1 aliphatic heterocycles. The first-order valence-corrected chi connectivity index (χ1v) is 7.67. The average Bonchev–Trinajstić information content (AvgIpc) is 2.46.